The number of nitrogens with one attached hydrogen (secondary N) is 1. The predicted molar refractivity (Wildman–Crippen MR) is 65.7 cm³/mol. The molecule has 0 bridgehead atoms. The lowest BCUT2D eigenvalue weighted by Crippen LogP contribution is -2.46. The van der Waals surface area contributed by atoms with E-state index in [1.165, 1.54) is 11.3 Å². The van der Waals surface area contributed by atoms with Crippen molar-refractivity contribution >= 4 is 28.8 Å². The van der Waals surface area contributed by atoms with Gasteiger partial charge in [0.15, 0.2) is 0 Å². The fourth-order valence-corrected chi connectivity index (χ4v) is 2.27. The summed E-state index contributed by atoms with van der Waals surface area (Å²) in [5, 5.41) is 11.9. The predicted octanol–water partition coefficient (Wildman–Crippen LogP) is 3.21. The number of rotatable bonds is 4. The summed E-state index contributed by atoms with van der Waals surface area (Å²) in [4.78, 5) is 12.4. The highest BCUT2D eigenvalue weighted by Crippen LogP contribution is 2.22. The van der Waals surface area contributed by atoms with Crippen molar-refractivity contribution in [2.45, 2.75) is 32.2 Å². The van der Waals surface area contributed by atoms with Crippen molar-refractivity contribution in [2.75, 3.05) is 0 Å². The van der Waals surface area contributed by atoms with Crippen molar-refractivity contribution in [3.63, 3.8) is 0 Å². The number of nitriles is 1. The van der Waals surface area contributed by atoms with Crippen LogP contribution < -0.4 is 5.32 Å². The van der Waals surface area contributed by atoms with Crippen LogP contribution in [0.3, 0.4) is 0 Å². The van der Waals surface area contributed by atoms with Gasteiger partial charge in [0.1, 0.15) is 5.54 Å². The molecule has 0 aliphatic rings. The Bertz CT molecular complexity index is 418. The Hall–Kier alpha value is -1.05. The van der Waals surface area contributed by atoms with Crippen LogP contribution in [-0.4, -0.2) is 11.4 Å². The second kappa shape index (κ2) is 5.33. The lowest BCUT2D eigenvalue weighted by Gasteiger charge is -2.24. The first kappa shape index (κ1) is 13.0. The Morgan fingerprint density at radius 3 is 2.56 bits per heavy atom. The van der Waals surface area contributed by atoms with Crippen LogP contribution in [0.5, 0.6) is 0 Å². The standard InChI is InChI=1S/C11H13ClN2OS/c1-3-11(4-2,7-13)14-10(15)8-5-6-9(12)16-8/h5-6H,3-4H2,1-2H3,(H,14,15). The molecule has 0 saturated carbocycles. The van der Waals surface area contributed by atoms with Gasteiger partial charge < -0.3 is 5.32 Å². The second-order valence-corrected chi connectivity index (χ2v) is 5.17. The lowest BCUT2D eigenvalue weighted by molar-refractivity contribution is 0.0920. The molecule has 1 N–H and O–H groups in total. The van der Waals surface area contributed by atoms with Crippen LogP contribution >= 0.6 is 22.9 Å². The van der Waals surface area contributed by atoms with E-state index in [-0.39, 0.29) is 5.91 Å². The molecule has 0 unspecified atom stereocenters. The van der Waals surface area contributed by atoms with Crippen molar-refractivity contribution in [1.82, 2.24) is 5.32 Å². The summed E-state index contributed by atoms with van der Waals surface area (Å²) in [5.41, 5.74) is -0.770. The van der Waals surface area contributed by atoms with Gasteiger partial charge in [-0.2, -0.15) is 5.26 Å². The van der Waals surface area contributed by atoms with Crippen LogP contribution in [0.25, 0.3) is 0 Å². The smallest absolute Gasteiger partial charge is 0.262 e. The van der Waals surface area contributed by atoms with Crippen molar-refractivity contribution in [3.05, 3.63) is 21.3 Å². The minimum Gasteiger partial charge on any atom is -0.333 e. The van der Waals surface area contributed by atoms with E-state index >= 15 is 0 Å². The SMILES string of the molecule is CCC(C#N)(CC)NC(=O)c1ccc(Cl)s1. The van der Waals surface area contributed by atoms with Crippen molar-refractivity contribution in [2.24, 2.45) is 0 Å². The zero-order valence-electron chi connectivity index (χ0n) is 9.21. The average Bonchev–Trinajstić information content (AvgIpc) is 2.73. The van der Waals surface area contributed by atoms with Crippen LogP contribution in [-0.2, 0) is 0 Å². The van der Waals surface area contributed by atoms with Gasteiger partial charge in [-0.15, -0.1) is 11.3 Å². The topological polar surface area (TPSA) is 52.9 Å². The molecule has 16 heavy (non-hydrogen) atoms. The Labute approximate surface area is 104 Å². The minimum atomic E-state index is -0.770. The Balaban J connectivity index is 2.81. The summed E-state index contributed by atoms with van der Waals surface area (Å²) in [5.74, 6) is -0.234. The van der Waals surface area contributed by atoms with Crippen molar-refractivity contribution in [3.8, 4) is 6.07 Å². The lowest BCUT2D eigenvalue weighted by atomic mass is 9.95. The molecule has 0 fully saturated rings. The number of carbonyl (C=O) groups excluding carboxylic acids is 1. The normalized spacial score (nSPS) is 10.9. The summed E-state index contributed by atoms with van der Waals surface area (Å²) < 4.78 is 0.570. The third-order valence-corrected chi connectivity index (χ3v) is 3.80. The molecule has 0 aliphatic carbocycles. The highest BCUT2D eigenvalue weighted by atomic mass is 35.5. The largest absolute Gasteiger partial charge is 0.333 e. The maximum atomic E-state index is 11.8. The Kier molecular flexibility index (Phi) is 4.34. The van der Waals surface area contributed by atoms with E-state index < -0.39 is 5.54 Å². The van der Waals surface area contributed by atoms with Crippen molar-refractivity contribution in [1.29, 1.82) is 5.26 Å². The summed E-state index contributed by atoms with van der Waals surface area (Å²) in [6.45, 7) is 3.77. The van der Waals surface area contributed by atoms with Crippen LogP contribution in [0, 0.1) is 11.3 Å². The quantitative estimate of drug-likeness (QED) is 0.899. The van der Waals surface area contributed by atoms with E-state index in [4.69, 9.17) is 16.9 Å². The summed E-state index contributed by atoms with van der Waals surface area (Å²) >= 11 is 6.96. The summed E-state index contributed by atoms with van der Waals surface area (Å²) in [6, 6.07) is 5.50. The Morgan fingerprint density at radius 2 is 2.19 bits per heavy atom. The van der Waals surface area contributed by atoms with E-state index in [0.717, 1.165) is 0 Å². The van der Waals surface area contributed by atoms with Gasteiger partial charge in [-0.1, -0.05) is 25.4 Å². The maximum absolute atomic E-state index is 11.8. The first-order chi connectivity index (χ1) is 7.56. The van der Waals surface area contributed by atoms with E-state index in [9.17, 15) is 4.79 Å². The Morgan fingerprint density at radius 1 is 1.56 bits per heavy atom. The molecule has 1 rings (SSSR count). The molecule has 5 heteroatoms. The maximum Gasteiger partial charge on any atom is 0.262 e. The van der Waals surface area contributed by atoms with Crippen molar-refractivity contribution < 1.29 is 4.79 Å². The van der Waals surface area contributed by atoms with E-state index in [1.54, 1.807) is 12.1 Å². The van der Waals surface area contributed by atoms with Crippen LogP contribution in [0.1, 0.15) is 36.4 Å². The number of amides is 1. The zero-order chi connectivity index (χ0) is 12.2. The molecule has 0 aromatic carbocycles. The third kappa shape index (κ3) is 2.75. The summed E-state index contributed by atoms with van der Waals surface area (Å²) in [7, 11) is 0. The molecule has 3 nitrogen and oxygen atoms in total. The van der Waals surface area contributed by atoms with Gasteiger partial charge in [0.05, 0.1) is 15.3 Å². The molecule has 1 amide bonds. The summed E-state index contributed by atoms with van der Waals surface area (Å²) in [6.07, 6.45) is 1.18. The molecular weight excluding hydrogens is 244 g/mol. The molecule has 1 aromatic heterocycles. The third-order valence-electron chi connectivity index (χ3n) is 2.57. The fraction of sp³-hybridized carbons (Fsp3) is 0.455. The number of halogens is 1. The van der Waals surface area contributed by atoms with Gasteiger partial charge >= 0.3 is 0 Å². The first-order valence-corrected chi connectivity index (χ1v) is 6.25. The highest BCUT2D eigenvalue weighted by molar-refractivity contribution is 7.18. The number of hydrogen-bond donors (Lipinski definition) is 1. The monoisotopic (exact) mass is 256 g/mol. The van der Waals surface area contributed by atoms with E-state index in [1.807, 2.05) is 13.8 Å². The van der Waals surface area contributed by atoms with Crippen LogP contribution in [0.4, 0.5) is 0 Å². The first-order valence-electron chi connectivity index (χ1n) is 5.06. The minimum absolute atomic E-state index is 0.234. The van der Waals surface area contributed by atoms with Gasteiger partial charge in [-0.3, -0.25) is 4.79 Å². The molecule has 0 saturated heterocycles. The molecule has 1 aromatic rings. The number of carbonyl (C=O) groups is 1. The van der Waals surface area contributed by atoms with Crippen LogP contribution in [0.2, 0.25) is 4.34 Å². The molecule has 1 heterocycles. The van der Waals surface area contributed by atoms with Gasteiger partial charge in [0, 0.05) is 0 Å². The molecule has 0 aliphatic heterocycles. The fourth-order valence-electron chi connectivity index (χ4n) is 1.33. The second-order valence-electron chi connectivity index (χ2n) is 3.46. The molecule has 86 valence electrons. The van der Waals surface area contributed by atoms with Gasteiger partial charge in [-0.25, -0.2) is 0 Å². The van der Waals surface area contributed by atoms with Gasteiger partial charge in [0.2, 0.25) is 0 Å². The number of thiophene rings is 1. The molecule has 0 spiro atoms. The zero-order valence-corrected chi connectivity index (χ0v) is 10.8. The van der Waals surface area contributed by atoms with Gasteiger partial charge in [0.25, 0.3) is 5.91 Å². The molecular formula is C11H13ClN2OS. The van der Waals surface area contributed by atoms with Crippen LogP contribution in [0.15, 0.2) is 12.1 Å². The van der Waals surface area contributed by atoms with Gasteiger partial charge in [-0.05, 0) is 25.0 Å². The highest BCUT2D eigenvalue weighted by Gasteiger charge is 2.28. The number of nitrogens with zero attached hydrogens (tertiary/aromatic N) is 1. The molecule has 0 atom stereocenters. The average molecular weight is 257 g/mol. The van der Waals surface area contributed by atoms with E-state index in [0.29, 0.717) is 22.1 Å². The number of hydrogen-bond acceptors (Lipinski definition) is 3. The van der Waals surface area contributed by atoms with E-state index in [2.05, 4.69) is 11.4 Å². The molecule has 0 radical (unpaired) electrons.